The molecular weight excluding hydrogens is 358 g/mol. The van der Waals surface area contributed by atoms with Crippen LogP contribution in [0.15, 0.2) is 18.3 Å². The zero-order valence-electron chi connectivity index (χ0n) is 14.0. The average Bonchev–Trinajstić information content (AvgIpc) is 2.92. The van der Waals surface area contributed by atoms with Crippen molar-refractivity contribution in [3.05, 3.63) is 45.1 Å². The van der Waals surface area contributed by atoms with Crippen LogP contribution in [-0.2, 0) is 12.8 Å². The van der Waals surface area contributed by atoms with E-state index >= 15 is 0 Å². The highest BCUT2D eigenvalue weighted by atomic mass is 35.5. The molecule has 132 valence electrons. The van der Waals surface area contributed by atoms with Gasteiger partial charge in [-0.05, 0) is 42.9 Å². The lowest BCUT2D eigenvalue weighted by Crippen LogP contribution is -2.20. The summed E-state index contributed by atoms with van der Waals surface area (Å²) in [5, 5.41) is 3.45. The molecule has 1 aliphatic rings. The fourth-order valence-corrected chi connectivity index (χ4v) is 4.95. The van der Waals surface area contributed by atoms with E-state index in [1.54, 1.807) is 12.1 Å². The predicted octanol–water partition coefficient (Wildman–Crippen LogP) is 4.05. The molecule has 25 heavy (non-hydrogen) atoms. The third-order valence-electron chi connectivity index (χ3n) is 4.54. The van der Waals surface area contributed by atoms with Gasteiger partial charge >= 0.3 is 0 Å². The fraction of sp³-hybridized carbons (Fsp3) is 0.389. The van der Waals surface area contributed by atoms with Crippen molar-refractivity contribution in [2.75, 3.05) is 5.32 Å². The number of carbonyl (C=O) groups is 2. The predicted molar refractivity (Wildman–Crippen MR) is 100 cm³/mol. The van der Waals surface area contributed by atoms with Crippen molar-refractivity contribution in [1.29, 1.82) is 0 Å². The second kappa shape index (κ2) is 7.54. The number of primary amides is 1. The highest BCUT2D eigenvalue weighted by molar-refractivity contribution is 7.17. The Morgan fingerprint density at radius 2 is 2.28 bits per heavy atom. The maximum atomic E-state index is 12.5. The van der Waals surface area contributed by atoms with Crippen molar-refractivity contribution in [3.8, 4) is 0 Å². The number of rotatable bonds is 5. The third-order valence-corrected chi connectivity index (χ3v) is 6.01. The van der Waals surface area contributed by atoms with Gasteiger partial charge in [0.05, 0.1) is 11.1 Å². The molecule has 0 radical (unpaired) electrons. The molecule has 5 nitrogen and oxygen atoms in total. The van der Waals surface area contributed by atoms with Crippen LogP contribution >= 0.6 is 22.9 Å². The Balaban J connectivity index is 1.90. The Labute approximate surface area is 155 Å². The Morgan fingerprint density at radius 3 is 2.96 bits per heavy atom. The second-order valence-corrected chi connectivity index (χ2v) is 7.73. The summed E-state index contributed by atoms with van der Waals surface area (Å²) in [6, 6.07) is 3.24. The van der Waals surface area contributed by atoms with Gasteiger partial charge in [-0.1, -0.05) is 31.4 Å². The number of hydrogen-bond acceptors (Lipinski definition) is 4. The number of hydrogen-bond donors (Lipinski definition) is 2. The van der Waals surface area contributed by atoms with Crippen LogP contribution in [0.3, 0.4) is 0 Å². The van der Waals surface area contributed by atoms with E-state index < -0.39 is 5.91 Å². The van der Waals surface area contributed by atoms with Crippen molar-refractivity contribution in [2.45, 2.75) is 39.0 Å². The van der Waals surface area contributed by atoms with E-state index in [0.29, 0.717) is 16.5 Å². The molecule has 2 amide bonds. The number of thiophene rings is 1. The van der Waals surface area contributed by atoms with Crippen molar-refractivity contribution in [2.24, 2.45) is 11.7 Å². The van der Waals surface area contributed by atoms with E-state index in [4.69, 9.17) is 17.3 Å². The number of halogens is 1. The lowest BCUT2D eigenvalue weighted by Gasteiger charge is -2.21. The van der Waals surface area contributed by atoms with Gasteiger partial charge in [-0.3, -0.25) is 9.59 Å². The van der Waals surface area contributed by atoms with Crippen molar-refractivity contribution >= 4 is 39.8 Å². The largest absolute Gasteiger partial charge is 0.365 e. The average molecular weight is 378 g/mol. The van der Waals surface area contributed by atoms with Gasteiger partial charge < -0.3 is 11.1 Å². The molecule has 0 spiro atoms. The van der Waals surface area contributed by atoms with Gasteiger partial charge in [0.15, 0.2) is 0 Å². The molecule has 1 atom stereocenters. The maximum Gasteiger partial charge on any atom is 0.259 e. The lowest BCUT2D eigenvalue weighted by atomic mass is 9.84. The summed E-state index contributed by atoms with van der Waals surface area (Å²) in [4.78, 5) is 29.6. The second-order valence-electron chi connectivity index (χ2n) is 6.27. The molecule has 3 rings (SSSR count). The van der Waals surface area contributed by atoms with E-state index in [9.17, 15) is 9.59 Å². The van der Waals surface area contributed by atoms with Gasteiger partial charge in [0.1, 0.15) is 10.2 Å². The lowest BCUT2D eigenvalue weighted by molar-refractivity contribution is 0.1000. The molecule has 2 heterocycles. The Hall–Kier alpha value is -1.92. The summed E-state index contributed by atoms with van der Waals surface area (Å²) in [5.74, 6) is -0.253. The SMILES string of the molecule is CCCC1CCc2c(sc(NC(=O)c3cccnc3Cl)c2C(N)=O)C1. The van der Waals surface area contributed by atoms with Gasteiger partial charge in [-0.15, -0.1) is 11.3 Å². The first-order valence-corrected chi connectivity index (χ1v) is 9.56. The molecule has 0 saturated carbocycles. The fourth-order valence-electron chi connectivity index (χ4n) is 3.38. The Morgan fingerprint density at radius 1 is 1.48 bits per heavy atom. The van der Waals surface area contributed by atoms with Crippen LogP contribution in [0.4, 0.5) is 5.00 Å². The minimum Gasteiger partial charge on any atom is -0.365 e. The molecule has 2 aromatic rings. The summed E-state index contributed by atoms with van der Waals surface area (Å²) < 4.78 is 0. The van der Waals surface area contributed by atoms with Gasteiger partial charge in [-0.2, -0.15) is 0 Å². The zero-order valence-corrected chi connectivity index (χ0v) is 15.5. The number of nitrogens with two attached hydrogens (primary N) is 1. The van der Waals surface area contributed by atoms with Crippen molar-refractivity contribution in [1.82, 2.24) is 4.98 Å². The molecule has 0 aliphatic heterocycles. The summed E-state index contributed by atoms with van der Waals surface area (Å²) in [7, 11) is 0. The monoisotopic (exact) mass is 377 g/mol. The molecule has 1 unspecified atom stereocenters. The Bertz CT molecular complexity index is 819. The van der Waals surface area contributed by atoms with Crippen LogP contribution in [0.5, 0.6) is 0 Å². The zero-order chi connectivity index (χ0) is 18.0. The van der Waals surface area contributed by atoms with Crippen molar-refractivity contribution < 1.29 is 9.59 Å². The number of carbonyl (C=O) groups excluding carboxylic acids is 2. The number of aromatic nitrogens is 1. The summed E-state index contributed by atoms with van der Waals surface area (Å²) in [5.41, 5.74) is 7.32. The molecule has 0 fully saturated rings. The topological polar surface area (TPSA) is 85.1 Å². The number of nitrogens with zero attached hydrogens (tertiary/aromatic N) is 1. The van der Waals surface area contributed by atoms with Gasteiger partial charge in [0.25, 0.3) is 11.8 Å². The number of fused-ring (bicyclic) bond motifs is 1. The van der Waals surface area contributed by atoms with Gasteiger partial charge in [0.2, 0.25) is 0 Å². The number of amides is 2. The molecule has 0 bridgehead atoms. The molecule has 3 N–H and O–H groups in total. The summed E-state index contributed by atoms with van der Waals surface area (Å²) >= 11 is 7.43. The minimum atomic E-state index is -0.501. The molecule has 7 heteroatoms. The van der Waals surface area contributed by atoms with E-state index in [-0.39, 0.29) is 16.6 Å². The third kappa shape index (κ3) is 3.70. The highest BCUT2D eigenvalue weighted by Gasteiger charge is 2.28. The number of pyridine rings is 1. The van der Waals surface area contributed by atoms with Crippen LogP contribution in [0.25, 0.3) is 0 Å². The molecule has 0 saturated heterocycles. The number of anilines is 1. The van der Waals surface area contributed by atoms with Crippen LogP contribution in [-0.4, -0.2) is 16.8 Å². The van der Waals surface area contributed by atoms with E-state index in [0.717, 1.165) is 36.1 Å². The number of nitrogens with one attached hydrogen (secondary N) is 1. The van der Waals surface area contributed by atoms with Crippen LogP contribution in [0.2, 0.25) is 5.15 Å². The first-order chi connectivity index (χ1) is 12.0. The Kier molecular flexibility index (Phi) is 5.39. The normalized spacial score (nSPS) is 16.3. The molecular formula is C18H20ClN3O2S. The molecule has 1 aliphatic carbocycles. The molecule has 2 aromatic heterocycles. The minimum absolute atomic E-state index is 0.130. The first kappa shape index (κ1) is 17.9. The van der Waals surface area contributed by atoms with Gasteiger partial charge in [0, 0.05) is 11.1 Å². The maximum absolute atomic E-state index is 12.5. The first-order valence-electron chi connectivity index (χ1n) is 8.37. The van der Waals surface area contributed by atoms with E-state index in [1.165, 1.54) is 24.0 Å². The molecule has 0 aromatic carbocycles. The van der Waals surface area contributed by atoms with E-state index in [2.05, 4.69) is 17.2 Å². The standard InChI is InChI=1S/C18H20ClN3O2S/c1-2-4-10-6-7-11-13(9-10)25-18(14(11)16(20)23)22-17(24)12-5-3-8-21-15(12)19/h3,5,8,10H,2,4,6-7,9H2,1H3,(H2,20,23)(H,22,24). The summed E-state index contributed by atoms with van der Waals surface area (Å²) in [6.45, 7) is 2.18. The van der Waals surface area contributed by atoms with Gasteiger partial charge in [-0.25, -0.2) is 4.98 Å². The van der Waals surface area contributed by atoms with Crippen LogP contribution < -0.4 is 11.1 Å². The summed E-state index contributed by atoms with van der Waals surface area (Å²) in [6.07, 6.45) is 6.68. The van der Waals surface area contributed by atoms with Crippen molar-refractivity contribution in [3.63, 3.8) is 0 Å². The van der Waals surface area contributed by atoms with E-state index in [1.807, 2.05) is 0 Å². The highest BCUT2D eigenvalue weighted by Crippen LogP contribution is 2.40. The smallest absolute Gasteiger partial charge is 0.259 e. The quantitative estimate of drug-likeness (QED) is 0.770. The van der Waals surface area contributed by atoms with Crippen LogP contribution in [0, 0.1) is 5.92 Å². The van der Waals surface area contributed by atoms with Crippen LogP contribution in [0.1, 0.15) is 57.3 Å².